The summed E-state index contributed by atoms with van der Waals surface area (Å²) in [5.74, 6) is 5.54. The van der Waals surface area contributed by atoms with E-state index in [0.717, 1.165) is 24.3 Å². The second kappa shape index (κ2) is 7.44. The van der Waals surface area contributed by atoms with Crippen molar-refractivity contribution in [2.75, 3.05) is 13.7 Å². The highest BCUT2D eigenvalue weighted by atomic mass is 16.2. The van der Waals surface area contributed by atoms with Crippen molar-refractivity contribution in [3.05, 3.63) is 65.5 Å². The molecule has 0 aliphatic carbocycles. The van der Waals surface area contributed by atoms with Gasteiger partial charge in [-0.1, -0.05) is 30.0 Å². The summed E-state index contributed by atoms with van der Waals surface area (Å²) < 4.78 is 0. The number of nitrogens with zero attached hydrogens (tertiary/aromatic N) is 2. The Bertz CT molecular complexity index is 582. The van der Waals surface area contributed by atoms with Crippen molar-refractivity contribution in [2.24, 2.45) is 0 Å². The average Bonchev–Trinajstić information content (AvgIpc) is 2.47. The van der Waals surface area contributed by atoms with Gasteiger partial charge >= 0.3 is 0 Å². The Morgan fingerprint density at radius 1 is 1.10 bits per heavy atom. The molecule has 20 heavy (non-hydrogen) atoms. The van der Waals surface area contributed by atoms with Crippen LogP contribution < -0.4 is 0 Å². The topological polar surface area (TPSA) is 36.4 Å². The number of hydrogen-bond acceptors (Lipinski definition) is 3. The summed E-state index contributed by atoms with van der Waals surface area (Å²) in [5, 5.41) is 8.66. The quantitative estimate of drug-likeness (QED) is 0.861. The standard InChI is InChI=1S/C17H18N2O/c1-19(14-17-6-2-3-11-18-17)13-16-9-7-15(8-10-16)5-4-12-20/h2-3,6-11,20H,12-14H2,1H3. The minimum atomic E-state index is -0.103. The van der Waals surface area contributed by atoms with Crippen LogP contribution >= 0.6 is 0 Å². The van der Waals surface area contributed by atoms with Crippen molar-refractivity contribution in [3.8, 4) is 11.8 Å². The maximum absolute atomic E-state index is 8.66. The second-order valence-electron chi connectivity index (χ2n) is 4.65. The van der Waals surface area contributed by atoms with E-state index in [1.54, 1.807) is 0 Å². The Hall–Kier alpha value is -2.15. The maximum atomic E-state index is 8.66. The van der Waals surface area contributed by atoms with Crippen molar-refractivity contribution in [3.63, 3.8) is 0 Å². The zero-order valence-corrected chi connectivity index (χ0v) is 11.6. The zero-order valence-electron chi connectivity index (χ0n) is 11.6. The Labute approximate surface area is 119 Å². The van der Waals surface area contributed by atoms with Crippen molar-refractivity contribution in [1.82, 2.24) is 9.88 Å². The Kier molecular flexibility index (Phi) is 5.31. The lowest BCUT2D eigenvalue weighted by atomic mass is 10.1. The molecule has 0 atom stereocenters. The predicted octanol–water partition coefficient (Wildman–Crippen LogP) is 2.06. The van der Waals surface area contributed by atoms with E-state index in [1.807, 2.05) is 36.5 Å². The molecule has 1 N–H and O–H groups in total. The predicted molar refractivity (Wildman–Crippen MR) is 79.8 cm³/mol. The lowest BCUT2D eigenvalue weighted by molar-refractivity contribution is 0.315. The lowest BCUT2D eigenvalue weighted by Crippen LogP contribution is -2.17. The molecule has 0 spiro atoms. The first-order valence-corrected chi connectivity index (χ1v) is 6.55. The summed E-state index contributed by atoms with van der Waals surface area (Å²) in [6.07, 6.45) is 1.82. The van der Waals surface area contributed by atoms with Gasteiger partial charge < -0.3 is 5.11 Å². The van der Waals surface area contributed by atoms with E-state index in [-0.39, 0.29) is 6.61 Å². The highest BCUT2D eigenvalue weighted by Crippen LogP contribution is 2.08. The van der Waals surface area contributed by atoms with Gasteiger partial charge in [0, 0.05) is 24.8 Å². The number of aliphatic hydroxyl groups is 1. The van der Waals surface area contributed by atoms with Gasteiger partial charge in [0.25, 0.3) is 0 Å². The lowest BCUT2D eigenvalue weighted by Gasteiger charge is -2.16. The van der Waals surface area contributed by atoms with E-state index in [1.165, 1.54) is 5.56 Å². The van der Waals surface area contributed by atoms with Gasteiger partial charge in [0.1, 0.15) is 6.61 Å². The van der Waals surface area contributed by atoms with Gasteiger partial charge in [-0.05, 0) is 36.9 Å². The number of aromatic nitrogens is 1. The van der Waals surface area contributed by atoms with Gasteiger partial charge in [0.05, 0.1) is 5.69 Å². The maximum Gasteiger partial charge on any atom is 0.104 e. The molecule has 0 saturated carbocycles. The van der Waals surface area contributed by atoms with E-state index in [0.29, 0.717) is 0 Å². The second-order valence-corrected chi connectivity index (χ2v) is 4.65. The highest BCUT2D eigenvalue weighted by Gasteiger charge is 2.02. The van der Waals surface area contributed by atoms with Crippen LogP contribution in [0.5, 0.6) is 0 Å². The van der Waals surface area contributed by atoms with Crippen LogP contribution in [0.25, 0.3) is 0 Å². The third-order valence-electron chi connectivity index (χ3n) is 2.88. The van der Waals surface area contributed by atoms with Crippen molar-refractivity contribution < 1.29 is 5.11 Å². The third-order valence-corrected chi connectivity index (χ3v) is 2.88. The zero-order chi connectivity index (χ0) is 14.2. The van der Waals surface area contributed by atoms with E-state index < -0.39 is 0 Å². The molecule has 2 aromatic rings. The number of aliphatic hydroxyl groups excluding tert-OH is 1. The first-order chi connectivity index (χ1) is 9.78. The van der Waals surface area contributed by atoms with Crippen LogP contribution in [0.3, 0.4) is 0 Å². The third kappa shape index (κ3) is 4.51. The molecule has 0 saturated heterocycles. The largest absolute Gasteiger partial charge is 0.384 e. The van der Waals surface area contributed by atoms with Crippen LogP contribution in [0.1, 0.15) is 16.8 Å². The van der Waals surface area contributed by atoms with Crippen LogP contribution in [0, 0.1) is 11.8 Å². The molecule has 0 aliphatic heterocycles. The average molecular weight is 266 g/mol. The first kappa shape index (κ1) is 14.3. The summed E-state index contributed by atoms with van der Waals surface area (Å²) in [7, 11) is 2.08. The summed E-state index contributed by atoms with van der Waals surface area (Å²) in [6.45, 7) is 1.59. The van der Waals surface area contributed by atoms with Crippen molar-refractivity contribution >= 4 is 0 Å². The fourth-order valence-electron chi connectivity index (χ4n) is 1.97. The summed E-state index contributed by atoms with van der Waals surface area (Å²) in [6, 6.07) is 14.1. The number of rotatable bonds is 4. The highest BCUT2D eigenvalue weighted by molar-refractivity contribution is 5.36. The molecule has 102 valence electrons. The minimum absolute atomic E-state index is 0.103. The molecule has 0 bridgehead atoms. The number of pyridine rings is 1. The Morgan fingerprint density at radius 2 is 1.90 bits per heavy atom. The molecule has 2 rings (SSSR count). The van der Waals surface area contributed by atoms with Crippen LogP contribution in [-0.2, 0) is 13.1 Å². The van der Waals surface area contributed by atoms with Crippen LogP contribution in [0.4, 0.5) is 0 Å². The molecule has 1 aromatic heterocycles. The monoisotopic (exact) mass is 266 g/mol. The molecule has 3 nitrogen and oxygen atoms in total. The fraction of sp³-hybridized carbons (Fsp3) is 0.235. The Morgan fingerprint density at radius 3 is 2.55 bits per heavy atom. The smallest absolute Gasteiger partial charge is 0.104 e. The number of hydrogen-bond donors (Lipinski definition) is 1. The van der Waals surface area contributed by atoms with Gasteiger partial charge in [-0.15, -0.1) is 0 Å². The molecule has 0 aliphatic rings. The molecule has 0 unspecified atom stereocenters. The summed E-state index contributed by atoms with van der Waals surface area (Å²) in [4.78, 5) is 6.54. The van der Waals surface area contributed by atoms with E-state index in [4.69, 9.17) is 5.11 Å². The van der Waals surface area contributed by atoms with Gasteiger partial charge in [-0.2, -0.15) is 0 Å². The fourth-order valence-corrected chi connectivity index (χ4v) is 1.97. The van der Waals surface area contributed by atoms with Crippen LogP contribution in [-0.4, -0.2) is 28.6 Å². The van der Waals surface area contributed by atoms with Gasteiger partial charge in [-0.3, -0.25) is 9.88 Å². The van der Waals surface area contributed by atoms with E-state index in [9.17, 15) is 0 Å². The summed E-state index contributed by atoms with van der Waals surface area (Å²) in [5.41, 5.74) is 3.23. The van der Waals surface area contributed by atoms with Crippen molar-refractivity contribution in [2.45, 2.75) is 13.1 Å². The molecular formula is C17H18N2O. The normalized spacial score (nSPS) is 10.2. The molecule has 1 aromatic carbocycles. The van der Waals surface area contributed by atoms with Gasteiger partial charge in [0.2, 0.25) is 0 Å². The molecular weight excluding hydrogens is 248 g/mol. The van der Waals surface area contributed by atoms with Crippen LogP contribution in [0.15, 0.2) is 48.7 Å². The minimum Gasteiger partial charge on any atom is -0.384 e. The molecule has 0 radical (unpaired) electrons. The van der Waals surface area contributed by atoms with Gasteiger partial charge in [-0.25, -0.2) is 0 Å². The van der Waals surface area contributed by atoms with Crippen LogP contribution in [0.2, 0.25) is 0 Å². The van der Waals surface area contributed by atoms with Gasteiger partial charge in [0.15, 0.2) is 0 Å². The Balaban J connectivity index is 1.92. The van der Waals surface area contributed by atoms with E-state index >= 15 is 0 Å². The molecule has 0 amide bonds. The summed E-state index contributed by atoms with van der Waals surface area (Å²) >= 11 is 0. The molecule has 1 heterocycles. The van der Waals surface area contributed by atoms with E-state index in [2.05, 4.69) is 40.9 Å². The molecule has 0 fully saturated rings. The first-order valence-electron chi connectivity index (χ1n) is 6.55. The molecule has 3 heteroatoms. The SMILES string of the molecule is CN(Cc1ccc(C#CCO)cc1)Cc1ccccn1. The van der Waals surface area contributed by atoms with Crippen molar-refractivity contribution in [1.29, 1.82) is 0 Å². The number of benzene rings is 1.